The number of amides is 4. The number of carboxylic acid groups (broad SMARTS) is 1. The van der Waals surface area contributed by atoms with Crippen LogP contribution in [0.25, 0.3) is 0 Å². The number of urea groups is 1. The van der Waals surface area contributed by atoms with E-state index in [1.165, 1.54) is 0 Å². The van der Waals surface area contributed by atoms with E-state index in [-0.39, 0.29) is 24.3 Å². The quantitative estimate of drug-likeness (QED) is 0.732. The Hall–Kier alpha value is -2.12. The van der Waals surface area contributed by atoms with E-state index in [4.69, 9.17) is 5.11 Å². The summed E-state index contributed by atoms with van der Waals surface area (Å²) in [7, 11) is 0. The lowest BCUT2D eigenvalue weighted by Gasteiger charge is -2.37. The monoisotopic (exact) mass is 351 g/mol. The first-order chi connectivity index (χ1) is 11.8. The van der Waals surface area contributed by atoms with Crippen LogP contribution in [0.2, 0.25) is 0 Å². The molecule has 0 aromatic carbocycles. The van der Waals surface area contributed by atoms with Crippen LogP contribution in [0, 0.1) is 11.8 Å². The Balaban J connectivity index is 1.63. The summed E-state index contributed by atoms with van der Waals surface area (Å²) in [6, 6.07) is -0.493. The van der Waals surface area contributed by atoms with Crippen molar-refractivity contribution in [1.82, 2.24) is 15.1 Å². The number of piperidine rings is 1. The van der Waals surface area contributed by atoms with Crippen molar-refractivity contribution in [2.45, 2.75) is 51.0 Å². The van der Waals surface area contributed by atoms with E-state index >= 15 is 0 Å². The predicted octanol–water partition coefficient (Wildman–Crippen LogP) is 0.810. The van der Waals surface area contributed by atoms with Crippen molar-refractivity contribution >= 4 is 23.8 Å². The Morgan fingerprint density at radius 1 is 1.20 bits per heavy atom. The first-order valence-corrected chi connectivity index (χ1v) is 9.00. The Morgan fingerprint density at radius 2 is 1.88 bits per heavy atom. The second kappa shape index (κ2) is 6.65. The maximum absolute atomic E-state index is 12.9. The number of likely N-dealkylation sites (tertiary alicyclic amines) is 1. The molecule has 2 heterocycles. The molecule has 0 aromatic rings. The van der Waals surface area contributed by atoms with E-state index in [1.807, 2.05) is 6.92 Å². The fraction of sp³-hybridized carbons (Fsp3) is 0.765. The molecule has 1 spiro atoms. The Kier molecular flexibility index (Phi) is 4.71. The van der Waals surface area contributed by atoms with Crippen LogP contribution in [-0.2, 0) is 14.4 Å². The first kappa shape index (κ1) is 17.7. The molecule has 1 aliphatic carbocycles. The zero-order valence-electron chi connectivity index (χ0n) is 14.5. The van der Waals surface area contributed by atoms with Gasteiger partial charge in [0.2, 0.25) is 5.91 Å². The molecule has 8 nitrogen and oxygen atoms in total. The summed E-state index contributed by atoms with van der Waals surface area (Å²) >= 11 is 0. The van der Waals surface area contributed by atoms with Gasteiger partial charge in [-0.05, 0) is 31.6 Å². The van der Waals surface area contributed by atoms with E-state index in [1.54, 1.807) is 4.90 Å². The second-order valence-electron chi connectivity index (χ2n) is 7.43. The molecule has 2 N–H and O–H groups in total. The minimum atomic E-state index is -0.855. The fourth-order valence-electron chi connectivity index (χ4n) is 4.25. The van der Waals surface area contributed by atoms with Crippen molar-refractivity contribution in [1.29, 1.82) is 0 Å². The number of carbonyl (C=O) groups excluding carboxylic acids is 3. The van der Waals surface area contributed by atoms with E-state index in [2.05, 4.69) is 5.32 Å². The molecule has 2 aliphatic heterocycles. The van der Waals surface area contributed by atoms with Gasteiger partial charge in [-0.25, -0.2) is 4.79 Å². The van der Waals surface area contributed by atoms with Crippen LogP contribution in [0.3, 0.4) is 0 Å². The van der Waals surface area contributed by atoms with E-state index < -0.39 is 23.5 Å². The molecule has 138 valence electrons. The van der Waals surface area contributed by atoms with Crippen LogP contribution in [0.4, 0.5) is 4.79 Å². The molecular formula is C17H25N3O5. The predicted molar refractivity (Wildman–Crippen MR) is 87.5 cm³/mol. The topological polar surface area (TPSA) is 107 Å². The van der Waals surface area contributed by atoms with Crippen molar-refractivity contribution in [3.05, 3.63) is 0 Å². The first-order valence-electron chi connectivity index (χ1n) is 9.00. The molecule has 3 rings (SSSR count). The number of carboxylic acids is 1. The molecule has 4 amide bonds. The van der Waals surface area contributed by atoms with Gasteiger partial charge in [-0.2, -0.15) is 0 Å². The van der Waals surface area contributed by atoms with Crippen molar-refractivity contribution < 1.29 is 24.3 Å². The molecule has 0 radical (unpaired) electrons. The third-order valence-electron chi connectivity index (χ3n) is 5.99. The number of carbonyl (C=O) groups is 4. The zero-order valence-corrected chi connectivity index (χ0v) is 14.5. The molecule has 0 aromatic heterocycles. The maximum atomic E-state index is 12.9. The Bertz CT molecular complexity index is 599. The van der Waals surface area contributed by atoms with Gasteiger partial charge >= 0.3 is 12.0 Å². The minimum absolute atomic E-state index is 0.0594. The van der Waals surface area contributed by atoms with Crippen LogP contribution in [0.5, 0.6) is 0 Å². The Morgan fingerprint density at radius 3 is 2.48 bits per heavy atom. The number of hydrogen-bond acceptors (Lipinski definition) is 4. The van der Waals surface area contributed by atoms with Crippen molar-refractivity contribution in [3.8, 4) is 0 Å². The second-order valence-corrected chi connectivity index (χ2v) is 7.43. The van der Waals surface area contributed by atoms with Gasteiger partial charge in [0.15, 0.2) is 0 Å². The number of nitrogens with zero attached hydrogens (tertiary/aromatic N) is 2. The lowest BCUT2D eigenvalue weighted by atomic mass is 9.73. The largest absolute Gasteiger partial charge is 0.481 e. The lowest BCUT2D eigenvalue weighted by Crippen LogP contribution is -2.54. The standard InChI is InChI=1S/C17H25N3O5/c1-11-4-2-3-7-17(11)15(24)20(16(25)18-17)10-13(21)19-8-5-12(6-9-19)14(22)23/h11-12H,2-10H2,1H3,(H,18,25)(H,22,23). The van der Waals surface area contributed by atoms with Gasteiger partial charge in [-0.1, -0.05) is 19.8 Å². The van der Waals surface area contributed by atoms with Gasteiger partial charge in [0, 0.05) is 13.1 Å². The van der Waals surface area contributed by atoms with Gasteiger partial charge in [0.25, 0.3) is 5.91 Å². The van der Waals surface area contributed by atoms with E-state index in [0.717, 1.165) is 24.2 Å². The summed E-state index contributed by atoms with van der Waals surface area (Å²) in [5.74, 6) is -1.79. The minimum Gasteiger partial charge on any atom is -0.481 e. The molecule has 3 aliphatic rings. The Labute approximate surface area is 146 Å². The van der Waals surface area contributed by atoms with Gasteiger partial charge in [-0.15, -0.1) is 0 Å². The van der Waals surface area contributed by atoms with Gasteiger partial charge in [0.05, 0.1) is 5.92 Å². The van der Waals surface area contributed by atoms with E-state index in [0.29, 0.717) is 32.4 Å². The number of rotatable bonds is 3. The number of aliphatic carboxylic acids is 1. The highest BCUT2D eigenvalue weighted by Gasteiger charge is 2.55. The van der Waals surface area contributed by atoms with Gasteiger partial charge < -0.3 is 15.3 Å². The molecule has 2 saturated heterocycles. The summed E-state index contributed by atoms with van der Waals surface area (Å²) in [4.78, 5) is 51.2. The summed E-state index contributed by atoms with van der Waals surface area (Å²) in [5, 5.41) is 11.9. The molecule has 2 atom stereocenters. The summed E-state index contributed by atoms with van der Waals surface area (Å²) in [6.45, 7) is 2.40. The SMILES string of the molecule is CC1CCCCC12NC(=O)N(CC(=O)N1CCC(C(=O)O)CC1)C2=O. The highest BCUT2D eigenvalue weighted by Crippen LogP contribution is 2.38. The van der Waals surface area contributed by atoms with Gasteiger partial charge in [0.1, 0.15) is 12.1 Å². The molecule has 0 bridgehead atoms. The average Bonchev–Trinajstić information content (AvgIpc) is 2.82. The van der Waals surface area contributed by atoms with Crippen LogP contribution < -0.4 is 5.32 Å². The van der Waals surface area contributed by atoms with Gasteiger partial charge in [-0.3, -0.25) is 19.3 Å². The summed E-state index contributed by atoms with van der Waals surface area (Å²) in [6.07, 6.45) is 4.25. The number of imide groups is 1. The maximum Gasteiger partial charge on any atom is 0.325 e. The highest BCUT2D eigenvalue weighted by molar-refractivity contribution is 6.09. The smallest absolute Gasteiger partial charge is 0.325 e. The van der Waals surface area contributed by atoms with Crippen molar-refractivity contribution in [2.24, 2.45) is 11.8 Å². The molecule has 1 saturated carbocycles. The molecular weight excluding hydrogens is 326 g/mol. The van der Waals surface area contributed by atoms with Crippen LogP contribution in [0.1, 0.15) is 45.4 Å². The third kappa shape index (κ3) is 3.09. The van der Waals surface area contributed by atoms with Crippen LogP contribution >= 0.6 is 0 Å². The molecule has 2 unspecified atom stereocenters. The van der Waals surface area contributed by atoms with Crippen molar-refractivity contribution in [3.63, 3.8) is 0 Å². The average molecular weight is 351 g/mol. The third-order valence-corrected chi connectivity index (χ3v) is 5.99. The van der Waals surface area contributed by atoms with Crippen LogP contribution in [-0.4, -0.2) is 63.9 Å². The molecule has 8 heteroatoms. The molecule has 25 heavy (non-hydrogen) atoms. The number of hydrogen-bond donors (Lipinski definition) is 2. The molecule has 3 fully saturated rings. The summed E-state index contributed by atoms with van der Waals surface area (Å²) in [5.41, 5.74) is -0.855. The fourth-order valence-corrected chi connectivity index (χ4v) is 4.25. The zero-order chi connectivity index (χ0) is 18.2. The summed E-state index contributed by atoms with van der Waals surface area (Å²) < 4.78 is 0. The van der Waals surface area contributed by atoms with Crippen LogP contribution in [0.15, 0.2) is 0 Å². The number of nitrogens with one attached hydrogen (secondary N) is 1. The van der Waals surface area contributed by atoms with E-state index in [9.17, 15) is 19.2 Å². The normalized spacial score (nSPS) is 30.7. The lowest BCUT2D eigenvalue weighted by molar-refractivity contribution is -0.146. The van der Waals surface area contributed by atoms with Crippen molar-refractivity contribution in [2.75, 3.05) is 19.6 Å². The highest BCUT2D eigenvalue weighted by atomic mass is 16.4.